The Balaban J connectivity index is 0.00000136. The maximum atomic E-state index is 8.37. The molecule has 0 aliphatic carbocycles. The van der Waals surface area contributed by atoms with Crippen LogP contribution in [0.3, 0.4) is 0 Å². The Bertz CT molecular complexity index is 879. The van der Waals surface area contributed by atoms with Crippen molar-refractivity contribution >= 4 is 18.0 Å². The number of aromatic nitrogens is 1. The van der Waals surface area contributed by atoms with Crippen LogP contribution in [0.5, 0.6) is 0 Å². The Morgan fingerprint density at radius 1 is 1.25 bits per heavy atom. The second-order valence-electron chi connectivity index (χ2n) is 6.80. The Morgan fingerprint density at radius 3 is 2.68 bits per heavy atom. The van der Waals surface area contributed by atoms with E-state index in [9.17, 15) is 0 Å². The first kappa shape index (κ1) is 21.8. The lowest BCUT2D eigenvalue weighted by Crippen LogP contribution is -2.28. The van der Waals surface area contributed by atoms with Crippen LogP contribution in [0, 0.1) is 5.41 Å². The van der Waals surface area contributed by atoms with E-state index >= 15 is 0 Å². The molecular formula is C24H35N3O. The molecule has 0 spiro atoms. The highest BCUT2D eigenvalue weighted by Crippen LogP contribution is 2.15. The molecule has 0 amide bonds. The van der Waals surface area contributed by atoms with Crippen molar-refractivity contribution in [2.75, 3.05) is 13.1 Å². The highest BCUT2D eigenvalue weighted by Gasteiger charge is 2.18. The van der Waals surface area contributed by atoms with Gasteiger partial charge in [-0.1, -0.05) is 45.4 Å². The number of allylic oxidation sites excluding steroid dienone is 2. The molecule has 0 saturated carbocycles. The molecule has 0 aromatic carbocycles. The number of rotatable bonds is 6. The monoisotopic (exact) mass is 381 g/mol. The summed E-state index contributed by atoms with van der Waals surface area (Å²) in [5.41, 5.74) is 0.879. The van der Waals surface area contributed by atoms with Crippen LogP contribution in [0.4, 0.5) is 0 Å². The lowest BCUT2D eigenvalue weighted by molar-refractivity contribution is 0.488. The van der Waals surface area contributed by atoms with E-state index in [2.05, 4.69) is 59.9 Å². The zero-order chi connectivity index (χ0) is 20.4. The summed E-state index contributed by atoms with van der Waals surface area (Å²) >= 11 is 0. The third-order valence-electron chi connectivity index (χ3n) is 4.87. The van der Waals surface area contributed by atoms with Gasteiger partial charge in [-0.05, 0) is 49.6 Å². The van der Waals surface area contributed by atoms with E-state index in [0.29, 0.717) is 12.4 Å². The summed E-state index contributed by atoms with van der Waals surface area (Å²) in [6.45, 7) is 10.9. The summed E-state index contributed by atoms with van der Waals surface area (Å²) in [7, 11) is 0. The van der Waals surface area contributed by atoms with Crippen LogP contribution in [0.2, 0.25) is 0 Å². The van der Waals surface area contributed by atoms with Crippen LogP contribution in [0.25, 0.3) is 12.2 Å². The largest absolute Gasteiger partial charge is 0.467 e. The fourth-order valence-electron chi connectivity index (χ4n) is 3.38. The first-order valence-corrected chi connectivity index (χ1v) is 10.6. The van der Waals surface area contributed by atoms with E-state index in [0.717, 1.165) is 37.3 Å². The number of nitrogens with zero attached hydrogens (tertiary/aromatic N) is 2. The fourth-order valence-corrected chi connectivity index (χ4v) is 3.38. The molecular weight excluding hydrogens is 346 g/mol. The van der Waals surface area contributed by atoms with Crippen LogP contribution in [-0.4, -0.2) is 28.4 Å². The Kier molecular flexibility index (Phi) is 8.86. The standard InChI is InChI=1S/C22H29N3O.C2H6/c1-3-5-6-7-10-21-18(4-2)11-14-25(21)16-20-15-19(17-26-20)22(23)24-12-8-9-13-24;1-2/h4,6-7,10-11,14-15,17,23H,3,5,8-9,12-13,16H2,1-2H3;1-2H3/b7-6-,18-4-,21-10+,23-22?;. The van der Waals surface area contributed by atoms with E-state index < -0.39 is 0 Å². The number of amidine groups is 1. The van der Waals surface area contributed by atoms with E-state index in [4.69, 9.17) is 9.83 Å². The molecule has 1 saturated heterocycles. The van der Waals surface area contributed by atoms with Gasteiger partial charge < -0.3 is 13.9 Å². The number of likely N-dealkylation sites (tertiary alicyclic amines) is 1. The molecule has 3 rings (SSSR count). The molecule has 0 radical (unpaired) electrons. The average Bonchev–Trinajstić information content (AvgIpc) is 3.48. The van der Waals surface area contributed by atoms with Crippen molar-refractivity contribution in [1.82, 2.24) is 9.47 Å². The van der Waals surface area contributed by atoms with Gasteiger partial charge in [-0.3, -0.25) is 5.41 Å². The van der Waals surface area contributed by atoms with E-state index in [1.165, 1.54) is 23.4 Å². The van der Waals surface area contributed by atoms with Gasteiger partial charge in [0.25, 0.3) is 0 Å². The molecule has 1 aliphatic heterocycles. The van der Waals surface area contributed by atoms with Gasteiger partial charge in [0.1, 0.15) is 17.9 Å². The van der Waals surface area contributed by atoms with Gasteiger partial charge >= 0.3 is 0 Å². The van der Waals surface area contributed by atoms with Crippen molar-refractivity contribution in [3.8, 4) is 0 Å². The second-order valence-corrected chi connectivity index (χ2v) is 6.80. The quantitative estimate of drug-likeness (QED) is 0.591. The van der Waals surface area contributed by atoms with E-state index in [1.54, 1.807) is 6.26 Å². The fraction of sp³-hybridized carbons (Fsp3) is 0.458. The third kappa shape index (κ3) is 5.51. The zero-order valence-corrected chi connectivity index (χ0v) is 17.9. The zero-order valence-electron chi connectivity index (χ0n) is 17.9. The lowest BCUT2D eigenvalue weighted by atomic mass is 10.2. The summed E-state index contributed by atoms with van der Waals surface area (Å²) in [6, 6.07) is 4.14. The van der Waals surface area contributed by atoms with Crippen molar-refractivity contribution in [3.05, 3.63) is 58.6 Å². The van der Waals surface area contributed by atoms with Crippen molar-refractivity contribution in [3.63, 3.8) is 0 Å². The molecule has 4 nitrogen and oxygen atoms in total. The molecule has 2 aromatic heterocycles. The lowest BCUT2D eigenvalue weighted by Gasteiger charge is -2.16. The van der Waals surface area contributed by atoms with Crippen molar-refractivity contribution in [2.24, 2.45) is 0 Å². The van der Waals surface area contributed by atoms with Gasteiger partial charge in [0.2, 0.25) is 0 Å². The predicted octanol–water partition coefficient (Wildman–Crippen LogP) is 4.51. The highest BCUT2D eigenvalue weighted by molar-refractivity contribution is 5.96. The van der Waals surface area contributed by atoms with Crippen LogP contribution < -0.4 is 10.6 Å². The molecule has 152 valence electrons. The van der Waals surface area contributed by atoms with Crippen molar-refractivity contribution in [1.29, 1.82) is 5.41 Å². The smallest absolute Gasteiger partial charge is 0.131 e. The van der Waals surface area contributed by atoms with Gasteiger partial charge in [-0.15, -0.1) is 0 Å². The number of furan rings is 1. The van der Waals surface area contributed by atoms with Crippen molar-refractivity contribution in [2.45, 2.75) is 59.9 Å². The Labute approximate surface area is 169 Å². The summed E-state index contributed by atoms with van der Waals surface area (Å²) in [6.07, 6.45) is 17.1. The number of unbranched alkanes of at least 4 members (excludes halogenated alkanes) is 1. The molecule has 2 aromatic rings. The Hall–Kier alpha value is -2.49. The number of nitrogens with one attached hydrogen (secondary N) is 1. The van der Waals surface area contributed by atoms with E-state index in [-0.39, 0.29) is 0 Å². The molecule has 0 bridgehead atoms. The minimum absolute atomic E-state index is 0.585. The van der Waals surface area contributed by atoms with Crippen LogP contribution in [-0.2, 0) is 6.54 Å². The van der Waals surface area contributed by atoms with Gasteiger partial charge in [-0.2, -0.15) is 0 Å². The van der Waals surface area contributed by atoms with Gasteiger partial charge in [-0.25, -0.2) is 0 Å². The molecule has 1 fully saturated rings. The van der Waals surface area contributed by atoms with Crippen LogP contribution in [0.1, 0.15) is 64.7 Å². The summed E-state index contributed by atoms with van der Waals surface area (Å²) in [5.74, 6) is 1.47. The first-order valence-electron chi connectivity index (χ1n) is 10.6. The van der Waals surface area contributed by atoms with E-state index in [1.807, 2.05) is 19.9 Å². The first-order chi connectivity index (χ1) is 13.7. The molecule has 1 aliphatic rings. The highest BCUT2D eigenvalue weighted by atomic mass is 16.3. The van der Waals surface area contributed by atoms with Gasteiger partial charge in [0.05, 0.1) is 12.1 Å². The summed E-state index contributed by atoms with van der Waals surface area (Å²) < 4.78 is 7.96. The maximum Gasteiger partial charge on any atom is 0.131 e. The second kappa shape index (κ2) is 11.4. The number of hydrogen-bond donors (Lipinski definition) is 1. The summed E-state index contributed by atoms with van der Waals surface area (Å²) in [5, 5.41) is 10.8. The molecule has 4 heteroatoms. The average molecular weight is 382 g/mol. The minimum Gasteiger partial charge on any atom is -0.467 e. The predicted molar refractivity (Wildman–Crippen MR) is 119 cm³/mol. The topological polar surface area (TPSA) is 45.2 Å². The van der Waals surface area contributed by atoms with Crippen LogP contribution >= 0.6 is 0 Å². The van der Waals surface area contributed by atoms with Crippen molar-refractivity contribution < 1.29 is 4.42 Å². The Morgan fingerprint density at radius 2 is 2.00 bits per heavy atom. The van der Waals surface area contributed by atoms with Crippen LogP contribution in [0.15, 0.2) is 41.2 Å². The molecule has 0 unspecified atom stereocenters. The molecule has 0 atom stereocenters. The van der Waals surface area contributed by atoms with Gasteiger partial charge in [0, 0.05) is 24.6 Å². The molecule has 28 heavy (non-hydrogen) atoms. The summed E-state index contributed by atoms with van der Waals surface area (Å²) in [4.78, 5) is 2.13. The third-order valence-corrected chi connectivity index (χ3v) is 4.87. The minimum atomic E-state index is 0.585. The normalized spacial score (nSPS) is 15.4. The molecule has 3 heterocycles. The molecule has 1 N–H and O–H groups in total. The maximum absolute atomic E-state index is 8.37. The van der Waals surface area contributed by atoms with Gasteiger partial charge in [0.15, 0.2) is 0 Å². The number of hydrogen-bond acceptors (Lipinski definition) is 2. The SMILES string of the molecule is C/C=c1/ccn(Cc2cc(C(=N)N3CCCC3)co2)/c1=C/C=C\CCC.CC.